The normalized spacial score (nSPS) is 12.9. The van der Waals surface area contributed by atoms with Gasteiger partial charge in [0.25, 0.3) is 0 Å². The van der Waals surface area contributed by atoms with E-state index in [9.17, 15) is 4.21 Å². The topological polar surface area (TPSA) is 37.3 Å². The number of hydrogen-bond donors (Lipinski definition) is 1. The number of benzene rings is 1. The maximum atomic E-state index is 10.8. The van der Waals surface area contributed by atoms with Gasteiger partial charge in [0, 0.05) is 4.47 Å². The summed E-state index contributed by atoms with van der Waals surface area (Å²) in [6.45, 7) is 1.96. The van der Waals surface area contributed by atoms with Crippen molar-refractivity contribution in [3.63, 3.8) is 0 Å². The van der Waals surface area contributed by atoms with Crippen LogP contribution >= 0.6 is 15.9 Å². The van der Waals surface area contributed by atoms with Crippen molar-refractivity contribution >= 4 is 27.0 Å². The largest absolute Gasteiger partial charge is 0.302 e. The van der Waals surface area contributed by atoms with Crippen molar-refractivity contribution in [2.75, 3.05) is 0 Å². The zero-order valence-corrected chi connectivity index (χ0v) is 8.98. The summed E-state index contributed by atoms with van der Waals surface area (Å²) in [5, 5.41) is 0. The molecule has 0 aliphatic heterocycles. The minimum Gasteiger partial charge on any atom is -0.302 e. The number of aryl methyl sites for hydroxylation is 1. The van der Waals surface area contributed by atoms with E-state index in [1.807, 2.05) is 19.1 Å². The Bertz CT molecular complexity index is 312. The van der Waals surface area contributed by atoms with E-state index in [2.05, 4.69) is 15.9 Å². The van der Waals surface area contributed by atoms with Crippen LogP contribution < -0.4 is 0 Å². The summed E-state index contributed by atoms with van der Waals surface area (Å²) in [4.78, 5) is 0.492. The molecule has 1 unspecified atom stereocenters. The Morgan fingerprint density at radius 3 is 2.75 bits per heavy atom. The molecule has 4 heteroatoms. The summed E-state index contributed by atoms with van der Waals surface area (Å²) in [5.41, 5.74) is 0.916. The van der Waals surface area contributed by atoms with E-state index in [1.165, 1.54) is 0 Å². The summed E-state index contributed by atoms with van der Waals surface area (Å²) in [5.74, 6) is 0. The first-order valence-corrected chi connectivity index (χ1v) is 5.44. The van der Waals surface area contributed by atoms with Crippen LogP contribution in [0.4, 0.5) is 0 Å². The van der Waals surface area contributed by atoms with E-state index in [0.29, 0.717) is 4.90 Å². The Hall–Kier alpha value is -0.190. The highest BCUT2D eigenvalue weighted by molar-refractivity contribution is 9.10. The van der Waals surface area contributed by atoms with E-state index >= 15 is 0 Å². The van der Waals surface area contributed by atoms with Gasteiger partial charge >= 0.3 is 0 Å². The second kappa shape index (κ2) is 4.16. The molecule has 0 aliphatic carbocycles. The molecule has 0 spiro atoms. The monoisotopic (exact) mass is 248 g/mol. The molecule has 0 bridgehead atoms. The van der Waals surface area contributed by atoms with Crippen molar-refractivity contribution in [1.82, 2.24) is 0 Å². The van der Waals surface area contributed by atoms with E-state index in [0.717, 1.165) is 16.5 Å². The van der Waals surface area contributed by atoms with Gasteiger partial charge in [0.1, 0.15) is 0 Å². The molecule has 1 aromatic rings. The summed E-state index contributed by atoms with van der Waals surface area (Å²) in [6.07, 6.45) is 0.773. The summed E-state index contributed by atoms with van der Waals surface area (Å²) in [6, 6.07) is 5.40. The molecule has 12 heavy (non-hydrogen) atoms. The van der Waals surface area contributed by atoms with Crippen molar-refractivity contribution in [2.45, 2.75) is 18.2 Å². The Morgan fingerprint density at radius 2 is 2.25 bits per heavy atom. The van der Waals surface area contributed by atoms with Crippen LogP contribution in [0.3, 0.4) is 0 Å². The molecule has 2 nitrogen and oxygen atoms in total. The molecule has 0 saturated heterocycles. The van der Waals surface area contributed by atoms with Crippen LogP contribution in [0.5, 0.6) is 0 Å². The van der Waals surface area contributed by atoms with E-state index in [4.69, 9.17) is 4.55 Å². The highest BCUT2D eigenvalue weighted by Crippen LogP contribution is 2.19. The fourth-order valence-corrected chi connectivity index (χ4v) is 2.16. The van der Waals surface area contributed by atoms with Gasteiger partial charge in [0.15, 0.2) is 11.1 Å². The van der Waals surface area contributed by atoms with Gasteiger partial charge in [-0.1, -0.05) is 28.9 Å². The maximum Gasteiger partial charge on any atom is 0.186 e. The zero-order valence-electron chi connectivity index (χ0n) is 6.58. The zero-order chi connectivity index (χ0) is 9.14. The standard InChI is InChI=1S/C8H9BrO2S/c1-2-6-3-4-7(9)5-8(6)12(10)11/h3-5H,2H2,1H3,(H,10,11). The van der Waals surface area contributed by atoms with E-state index in [-0.39, 0.29) is 0 Å². The molecule has 1 atom stereocenters. The molecular weight excluding hydrogens is 240 g/mol. The van der Waals surface area contributed by atoms with Gasteiger partial charge in [-0.3, -0.25) is 0 Å². The van der Waals surface area contributed by atoms with Crippen LogP contribution in [0.2, 0.25) is 0 Å². The minimum atomic E-state index is -1.88. The second-order valence-electron chi connectivity index (χ2n) is 2.35. The lowest BCUT2D eigenvalue weighted by molar-refractivity contribution is 0.563. The SMILES string of the molecule is CCc1ccc(Br)cc1S(=O)O. The van der Waals surface area contributed by atoms with Crippen molar-refractivity contribution < 1.29 is 8.76 Å². The third-order valence-corrected chi connectivity index (χ3v) is 2.85. The quantitative estimate of drug-likeness (QED) is 0.818. The molecule has 0 aromatic heterocycles. The van der Waals surface area contributed by atoms with Gasteiger partial charge in [-0.25, -0.2) is 4.21 Å². The van der Waals surface area contributed by atoms with Crippen LogP contribution in [0, 0.1) is 0 Å². The molecule has 66 valence electrons. The predicted molar refractivity (Wildman–Crippen MR) is 52.6 cm³/mol. The number of halogens is 1. The molecule has 0 heterocycles. The smallest absolute Gasteiger partial charge is 0.186 e. The summed E-state index contributed by atoms with van der Waals surface area (Å²) in [7, 11) is 0. The molecule has 0 amide bonds. The Morgan fingerprint density at radius 1 is 1.58 bits per heavy atom. The summed E-state index contributed by atoms with van der Waals surface area (Å²) < 4.78 is 20.6. The van der Waals surface area contributed by atoms with Crippen LogP contribution in [-0.2, 0) is 17.5 Å². The first-order valence-electron chi connectivity index (χ1n) is 3.54. The fourth-order valence-electron chi connectivity index (χ4n) is 0.983. The lowest BCUT2D eigenvalue weighted by Crippen LogP contribution is -1.94. The molecule has 1 rings (SSSR count). The molecular formula is C8H9BrO2S. The van der Waals surface area contributed by atoms with Crippen LogP contribution in [0.15, 0.2) is 27.6 Å². The Balaban J connectivity index is 3.21. The molecule has 1 N–H and O–H groups in total. The first kappa shape index (κ1) is 9.89. The highest BCUT2D eigenvalue weighted by atomic mass is 79.9. The van der Waals surface area contributed by atoms with Gasteiger partial charge in [-0.2, -0.15) is 0 Å². The molecule has 0 fully saturated rings. The van der Waals surface area contributed by atoms with Crippen LogP contribution in [-0.4, -0.2) is 8.76 Å². The maximum absolute atomic E-state index is 10.8. The van der Waals surface area contributed by atoms with Crippen molar-refractivity contribution in [3.8, 4) is 0 Å². The van der Waals surface area contributed by atoms with E-state index < -0.39 is 11.1 Å². The second-order valence-corrected chi connectivity index (χ2v) is 4.21. The average Bonchev–Trinajstić information content (AvgIpc) is 2.04. The van der Waals surface area contributed by atoms with Crippen molar-refractivity contribution in [1.29, 1.82) is 0 Å². The van der Waals surface area contributed by atoms with Gasteiger partial charge in [0.2, 0.25) is 0 Å². The van der Waals surface area contributed by atoms with Crippen LogP contribution in [0.25, 0.3) is 0 Å². The lowest BCUT2D eigenvalue weighted by atomic mass is 10.2. The van der Waals surface area contributed by atoms with Gasteiger partial charge in [-0.05, 0) is 24.1 Å². The molecule has 1 aromatic carbocycles. The number of rotatable bonds is 2. The average molecular weight is 249 g/mol. The Kier molecular flexibility index (Phi) is 3.43. The lowest BCUT2D eigenvalue weighted by Gasteiger charge is -2.03. The fraction of sp³-hybridized carbons (Fsp3) is 0.250. The third-order valence-electron chi connectivity index (χ3n) is 1.60. The molecule has 0 radical (unpaired) electrons. The van der Waals surface area contributed by atoms with Crippen molar-refractivity contribution in [2.24, 2.45) is 0 Å². The van der Waals surface area contributed by atoms with Gasteiger partial charge in [0.05, 0.1) is 4.90 Å². The Labute approximate surface area is 82.4 Å². The van der Waals surface area contributed by atoms with Crippen molar-refractivity contribution in [3.05, 3.63) is 28.2 Å². The van der Waals surface area contributed by atoms with Crippen LogP contribution in [0.1, 0.15) is 12.5 Å². The van der Waals surface area contributed by atoms with E-state index in [1.54, 1.807) is 6.07 Å². The van der Waals surface area contributed by atoms with Gasteiger partial charge < -0.3 is 4.55 Å². The number of hydrogen-bond acceptors (Lipinski definition) is 1. The molecule has 0 aliphatic rings. The highest BCUT2D eigenvalue weighted by Gasteiger charge is 2.06. The summed E-state index contributed by atoms with van der Waals surface area (Å²) >= 11 is 1.37. The third kappa shape index (κ3) is 2.15. The molecule has 0 saturated carbocycles. The first-order chi connectivity index (χ1) is 5.65. The minimum absolute atomic E-state index is 0.492. The predicted octanol–water partition coefficient (Wildman–Crippen LogP) is 2.59. The van der Waals surface area contributed by atoms with Gasteiger partial charge in [-0.15, -0.1) is 0 Å².